The van der Waals surface area contributed by atoms with E-state index in [4.69, 9.17) is 15.2 Å². The van der Waals surface area contributed by atoms with Gasteiger partial charge in [-0.1, -0.05) is 0 Å². The van der Waals surface area contributed by atoms with E-state index in [0.717, 1.165) is 77.0 Å². The number of nitrogens with two attached hydrogens (primary N) is 1. The van der Waals surface area contributed by atoms with Crippen LogP contribution in [0.1, 0.15) is 43.3 Å². The molecule has 0 spiro atoms. The summed E-state index contributed by atoms with van der Waals surface area (Å²) in [5.74, 6) is 2.64. The van der Waals surface area contributed by atoms with E-state index in [0.29, 0.717) is 24.6 Å². The summed E-state index contributed by atoms with van der Waals surface area (Å²) in [5, 5.41) is 9.08. The average Bonchev–Trinajstić information content (AvgIpc) is 3.07. The second kappa shape index (κ2) is 8.96. The monoisotopic (exact) mass is 378 g/mol. The van der Waals surface area contributed by atoms with E-state index in [-0.39, 0.29) is 0 Å². The predicted octanol–water partition coefficient (Wildman–Crippen LogP) is 0.426. The van der Waals surface area contributed by atoms with Crippen LogP contribution in [0.5, 0.6) is 0 Å². The molecule has 1 aromatic heterocycles. The minimum absolute atomic E-state index is 0.324. The van der Waals surface area contributed by atoms with Crippen LogP contribution in [0.4, 0.5) is 0 Å². The molecule has 2 aliphatic heterocycles. The lowest BCUT2D eigenvalue weighted by molar-refractivity contribution is -0.0000840. The van der Waals surface area contributed by atoms with Gasteiger partial charge in [0.05, 0.1) is 26.4 Å². The number of aromatic nitrogens is 3. The molecule has 8 nitrogen and oxygen atoms in total. The summed E-state index contributed by atoms with van der Waals surface area (Å²) >= 11 is 0. The van der Waals surface area contributed by atoms with Crippen LogP contribution >= 0.6 is 0 Å². The van der Waals surface area contributed by atoms with Gasteiger partial charge in [-0.05, 0) is 25.7 Å². The Bertz CT molecular complexity index is 589. The van der Waals surface area contributed by atoms with Gasteiger partial charge in [0.25, 0.3) is 0 Å². The zero-order valence-corrected chi connectivity index (χ0v) is 16.6. The van der Waals surface area contributed by atoms with Crippen LogP contribution in [0.2, 0.25) is 0 Å². The van der Waals surface area contributed by atoms with Crippen molar-refractivity contribution < 1.29 is 9.47 Å². The van der Waals surface area contributed by atoms with Crippen LogP contribution in [0.3, 0.4) is 0 Å². The minimum atomic E-state index is 0.324. The molecule has 0 unspecified atom stereocenters. The quantitative estimate of drug-likeness (QED) is 0.737. The smallest absolute Gasteiger partial charge is 0.147 e. The Morgan fingerprint density at radius 1 is 1.11 bits per heavy atom. The van der Waals surface area contributed by atoms with Crippen LogP contribution in [0.25, 0.3) is 0 Å². The number of methoxy groups -OCH3 is 1. The lowest BCUT2D eigenvalue weighted by Crippen LogP contribution is -2.48. The number of likely N-dealkylation sites (tertiary alicyclic amines) is 1. The van der Waals surface area contributed by atoms with Crippen molar-refractivity contribution in [2.75, 3.05) is 53.1 Å². The number of hydrogen-bond donors (Lipinski definition) is 1. The van der Waals surface area contributed by atoms with E-state index in [1.807, 2.05) is 0 Å². The van der Waals surface area contributed by atoms with Gasteiger partial charge in [-0.25, -0.2) is 0 Å². The van der Waals surface area contributed by atoms with Gasteiger partial charge in [0.1, 0.15) is 11.6 Å². The minimum Gasteiger partial charge on any atom is -0.383 e. The first-order valence-corrected chi connectivity index (χ1v) is 10.4. The SMILES string of the molecule is COCCn1c(CN2CCC(N3CCOCC3)CC2)nnc1C1CC(N)C1. The third-order valence-corrected chi connectivity index (χ3v) is 6.40. The molecule has 0 bridgehead atoms. The van der Waals surface area contributed by atoms with E-state index in [2.05, 4.69) is 24.6 Å². The molecule has 0 amide bonds. The third kappa shape index (κ3) is 4.51. The van der Waals surface area contributed by atoms with Crippen LogP contribution in [-0.4, -0.2) is 89.8 Å². The van der Waals surface area contributed by atoms with Crippen LogP contribution in [-0.2, 0) is 22.6 Å². The molecular weight excluding hydrogens is 344 g/mol. The molecule has 3 aliphatic rings. The molecule has 3 fully saturated rings. The van der Waals surface area contributed by atoms with Crippen LogP contribution < -0.4 is 5.73 Å². The van der Waals surface area contributed by atoms with Gasteiger partial charge in [-0.15, -0.1) is 10.2 Å². The highest BCUT2D eigenvalue weighted by atomic mass is 16.5. The van der Waals surface area contributed by atoms with Crippen molar-refractivity contribution in [3.8, 4) is 0 Å². The van der Waals surface area contributed by atoms with Gasteiger partial charge in [0.15, 0.2) is 0 Å². The molecule has 1 aliphatic carbocycles. The maximum Gasteiger partial charge on any atom is 0.147 e. The number of hydrogen-bond acceptors (Lipinski definition) is 7. The largest absolute Gasteiger partial charge is 0.383 e. The first kappa shape index (κ1) is 19.3. The van der Waals surface area contributed by atoms with Crippen molar-refractivity contribution in [2.24, 2.45) is 5.73 Å². The van der Waals surface area contributed by atoms with Gasteiger partial charge in [-0.2, -0.15) is 0 Å². The lowest BCUT2D eigenvalue weighted by atomic mass is 9.80. The second-order valence-corrected chi connectivity index (χ2v) is 8.20. The van der Waals surface area contributed by atoms with E-state index >= 15 is 0 Å². The van der Waals surface area contributed by atoms with E-state index in [1.165, 1.54) is 12.8 Å². The summed E-state index contributed by atoms with van der Waals surface area (Å²) in [6, 6.07) is 1.04. The first-order chi connectivity index (χ1) is 13.2. The molecule has 1 saturated carbocycles. The second-order valence-electron chi connectivity index (χ2n) is 8.20. The van der Waals surface area contributed by atoms with Gasteiger partial charge in [0, 0.05) is 57.8 Å². The lowest BCUT2D eigenvalue weighted by Gasteiger charge is -2.40. The van der Waals surface area contributed by atoms with Gasteiger partial charge in [-0.3, -0.25) is 9.80 Å². The van der Waals surface area contributed by atoms with Gasteiger partial charge >= 0.3 is 0 Å². The predicted molar refractivity (Wildman–Crippen MR) is 103 cm³/mol. The average molecular weight is 379 g/mol. The summed E-state index contributed by atoms with van der Waals surface area (Å²) in [6.07, 6.45) is 4.51. The molecule has 8 heteroatoms. The van der Waals surface area contributed by atoms with Crippen LogP contribution in [0.15, 0.2) is 0 Å². The van der Waals surface area contributed by atoms with Crippen molar-refractivity contribution in [3.05, 3.63) is 11.6 Å². The Balaban J connectivity index is 1.35. The molecular formula is C19H34N6O2. The Morgan fingerprint density at radius 2 is 1.85 bits per heavy atom. The molecule has 1 aromatic rings. The fraction of sp³-hybridized carbons (Fsp3) is 0.895. The molecule has 0 radical (unpaired) electrons. The maximum absolute atomic E-state index is 5.98. The highest BCUT2D eigenvalue weighted by Crippen LogP contribution is 2.35. The van der Waals surface area contributed by atoms with E-state index < -0.39 is 0 Å². The highest BCUT2D eigenvalue weighted by Gasteiger charge is 2.33. The standard InChI is InChI=1S/C19H34N6O2/c1-26-9-8-25-18(21-22-19(25)15-12-16(20)13-15)14-23-4-2-17(3-5-23)24-6-10-27-11-7-24/h15-17H,2-14,20H2,1H3. The number of nitrogens with zero attached hydrogens (tertiary/aromatic N) is 5. The molecule has 3 heterocycles. The fourth-order valence-corrected chi connectivity index (χ4v) is 4.65. The van der Waals surface area contributed by atoms with E-state index in [1.54, 1.807) is 7.11 Å². The maximum atomic E-state index is 5.98. The Hall–Kier alpha value is -1.06. The number of ether oxygens (including phenoxy) is 2. The fourth-order valence-electron chi connectivity index (χ4n) is 4.65. The number of rotatable bonds is 7. The summed E-state index contributed by atoms with van der Waals surface area (Å²) in [7, 11) is 1.75. The zero-order valence-electron chi connectivity index (χ0n) is 16.6. The van der Waals surface area contributed by atoms with Gasteiger partial charge in [0.2, 0.25) is 0 Å². The topological polar surface area (TPSA) is 81.7 Å². The van der Waals surface area contributed by atoms with Crippen molar-refractivity contribution in [2.45, 2.75) is 56.8 Å². The summed E-state index contributed by atoms with van der Waals surface area (Å²) in [5.41, 5.74) is 5.98. The molecule has 2 saturated heterocycles. The summed E-state index contributed by atoms with van der Waals surface area (Å²) in [6.45, 7) is 8.59. The van der Waals surface area contributed by atoms with Crippen molar-refractivity contribution in [1.82, 2.24) is 24.6 Å². The molecule has 2 N–H and O–H groups in total. The molecule has 0 aromatic carbocycles. The Labute approximate surface area is 162 Å². The third-order valence-electron chi connectivity index (χ3n) is 6.40. The van der Waals surface area contributed by atoms with Crippen LogP contribution in [0, 0.1) is 0 Å². The van der Waals surface area contributed by atoms with Crippen molar-refractivity contribution >= 4 is 0 Å². The van der Waals surface area contributed by atoms with E-state index in [9.17, 15) is 0 Å². The van der Waals surface area contributed by atoms with Gasteiger partial charge < -0.3 is 19.8 Å². The Kier molecular flexibility index (Phi) is 6.39. The number of piperidine rings is 1. The molecule has 27 heavy (non-hydrogen) atoms. The highest BCUT2D eigenvalue weighted by molar-refractivity contribution is 5.09. The molecule has 0 atom stereocenters. The van der Waals surface area contributed by atoms with Crippen molar-refractivity contribution in [3.63, 3.8) is 0 Å². The van der Waals surface area contributed by atoms with Crippen molar-refractivity contribution in [1.29, 1.82) is 0 Å². The summed E-state index contributed by atoms with van der Waals surface area (Å²) in [4.78, 5) is 5.14. The zero-order chi connectivity index (χ0) is 18.6. The normalized spacial score (nSPS) is 28.4. The number of morpholine rings is 1. The molecule has 4 rings (SSSR count). The summed E-state index contributed by atoms with van der Waals surface area (Å²) < 4.78 is 13.1. The Morgan fingerprint density at radius 3 is 2.52 bits per heavy atom. The first-order valence-electron chi connectivity index (χ1n) is 10.4. The molecule has 152 valence electrons.